The average Bonchev–Trinajstić information content (AvgIpc) is 3.12. The fourth-order valence-corrected chi connectivity index (χ4v) is 5.73. The predicted molar refractivity (Wildman–Crippen MR) is 104 cm³/mol. The van der Waals surface area contributed by atoms with E-state index in [-0.39, 0.29) is 36.0 Å². The molecule has 1 radical (unpaired) electrons. The van der Waals surface area contributed by atoms with Crippen molar-refractivity contribution in [2.24, 2.45) is 0 Å². The second kappa shape index (κ2) is 9.96. The predicted octanol–water partition coefficient (Wildman–Crippen LogP) is -2.72. The molecule has 0 spiro atoms. The van der Waals surface area contributed by atoms with Gasteiger partial charge in [-0.15, -0.1) is 0 Å². The van der Waals surface area contributed by atoms with Gasteiger partial charge in [-0.05, 0) is 0 Å². The molecule has 33 heavy (non-hydrogen) atoms. The minimum Gasteiger partial charge on any atom is -0.387 e. The molecule has 2 aromatic rings. The van der Waals surface area contributed by atoms with Crippen molar-refractivity contribution in [1.82, 2.24) is 19.5 Å². The van der Waals surface area contributed by atoms with Crippen molar-refractivity contribution in [3.63, 3.8) is 0 Å². The SMILES string of the molecule is Nc1nc2c(ncn2[C@@H]2O[C@H](COP(=O)(O)OP(=O)(O)OP(=O)(O)O)[C@@H](O)[C@H]2O)c(=O)[nH]1.[Li]. The van der Waals surface area contributed by atoms with Crippen molar-refractivity contribution in [3.05, 3.63) is 16.7 Å². The largest absolute Gasteiger partial charge is 0.490 e. The van der Waals surface area contributed by atoms with Crippen LogP contribution in [0.25, 0.3) is 11.2 Å². The van der Waals surface area contributed by atoms with Crippen LogP contribution in [0.4, 0.5) is 5.95 Å². The maximum Gasteiger partial charge on any atom is 0.490 e. The van der Waals surface area contributed by atoms with Crippen LogP contribution in [-0.2, 0) is 31.6 Å². The number of nitrogens with two attached hydrogens (primary N) is 1. The fraction of sp³-hybridized carbons (Fsp3) is 0.500. The number of aromatic amines is 1. The molecule has 1 aliphatic heterocycles. The van der Waals surface area contributed by atoms with E-state index < -0.39 is 60.2 Å². The second-order valence-electron chi connectivity index (χ2n) is 6.21. The Labute approximate surface area is 194 Å². The zero-order chi connectivity index (χ0) is 24.1. The van der Waals surface area contributed by atoms with Crippen LogP contribution in [-0.4, -0.2) is 93.1 Å². The average molecular weight is 530 g/mol. The van der Waals surface area contributed by atoms with Crippen molar-refractivity contribution >= 4 is 59.4 Å². The molecular weight excluding hydrogens is 514 g/mol. The summed E-state index contributed by atoms with van der Waals surface area (Å²) in [7, 11) is -16.8. The van der Waals surface area contributed by atoms with Crippen LogP contribution in [0.15, 0.2) is 11.1 Å². The van der Waals surface area contributed by atoms with Crippen molar-refractivity contribution in [3.8, 4) is 0 Å². The van der Waals surface area contributed by atoms with Gasteiger partial charge in [-0.25, -0.2) is 18.7 Å². The summed E-state index contributed by atoms with van der Waals surface area (Å²) >= 11 is 0. The monoisotopic (exact) mass is 530 g/mol. The summed E-state index contributed by atoms with van der Waals surface area (Å²) in [5, 5.41) is 20.4. The summed E-state index contributed by atoms with van der Waals surface area (Å²) in [6.45, 7) is -1.01. The fourth-order valence-electron chi connectivity index (χ4n) is 2.70. The number of aliphatic hydroxyl groups excluding tert-OH is 2. The number of hydrogen-bond donors (Lipinski definition) is 8. The van der Waals surface area contributed by atoms with E-state index in [1.807, 2.05) is 0 Å². The molecule has 2 aromatic heterocycles. The Morgan fingerprint density at radius 2 is 1.76 bits per heavy atom. The third-order valence-electron chi connectivity index (χ3n) is 3.88. The molecule has 0 aliphatic carbocycles. The first kappa shape index (κ1) is 28.3. The number of aromatic nitrogens is 4. The van der Waals surface area contributed by atoms with Gasteiger partial charge in [0.2, 0.25) is 5.95 Å². The van der Waals surface area contributed by atoms with Crippen LogP contribution in [0.5, 0.6) is 0 Å². The van der Waals surface area contributed by atoms with Gasteiger partial charge in [0.1, 0.15) is 18.3 Å². The number of nitrogen functional groups attached to an aromatic ring is 1. The van der Waals surface area contributed by atoms with Gasteiger partial charge in [0.05, 0.1) is 12.9 Å². The Hall–Kier alpha value is -0.963. The van der Waals surface area contributed by atoms with Gasteiger partial charge in [0, 0.05) is 18.9 Å². The molecule has 0 amide bonds. The summed E-state index contributed by atoms with van der Waals surface area (Å²) in [5.41, 5.74) is 4.50. The molecule has 6 atom stereocenters. The number of ether oxygens (including phenoxy) is 1. The molecule has 0 saturated carbocycles. The number of fused-ring (bicyclic) bond motifs is 1. The smallest absolute Gasteiger partial charge is 0.387 e. The first-order chi connectivity index (χ1) is 14.6. The third kappa shape index (κ3) is 6.80. The van der Waals surface area contributed by atoms with Crippen LogP contribution in [0.2, 0.25) is 0 Å². The van der Waals surface area contributed by atoms with E-state index in [2.05, 4.69) is 28.1 Å². The first-order valence-electron chi connectivity index (χ1n) is 8.11. The molecular formula is C10H16LiN5O14P3. The summed E-state index contributed by atoms with van der Waals surface area (Å²) in [5.74, 6) is -0.276. The number of hydrogen-bond acceptors (Lipinski definition) is 13. The summed E-state index contributed by atoms with van der Waals surface area (Å²) < 4.78 is 51.6. The van der Waals surface area contributed by atoms with Gasteiger partial charge >= 0.3 is 23.5 Å². The quantitative estimate of drug-likeness (QED) is 0.127. The first-order valence-corrected chi connectivity index (χ1v) is 12.6. The Bertz CT molecular complexity index is 1210. The molecule has 3 rings (SSSR count). The molecule has 2 unspecified atom stereocenters. The minimum absolute atomic E-state index is 0. The Morgan fingerprint density at radius 1 is 1.12 bits per heavy atom. The molecule has 3 heterocycles. The third-order valence-corrected chi connectivity index (χ3v) is 7.68. The molecule has 19 nitrogen and oxygen atoms in total. The Morgan fingerprint density at radius 3 is 2.36 bits per heavy atom. The van der Waals surface area contributed by atoms with Gasteiger partial charge in [0.15, 0.2) is 17.4 Å². The number of imidazole rings is 1. The number of anilines is 1. The van der Waals surface area contributed by atoms with Crippen molar-refractivity contribution in [1.29, 1.82) is 0 Å². The normalized spacial score (nSPS) is 27.1. The van der Waals surface area contributed by atoms with E-state index in [1.165, 1.54) is 0 Å². The van der Waals surface area contributed by atoms with Gasteiger partial charge < -0.3 is 40.3 Å². The van der Waals surface area contributed by atoms with E-state index in [0.29, 0.717) is 0 Å². The molecule has 0 aromatic carbocycles. The molecule has 1 fully saturated rings. The van der Waals surface area contributed by atoms with Crippen molar-refractivity contribution < 1.29 is 61.4 Å². The van der Waals surface area contributed by atoms with E-state index in [1.54, 1.807) is 0 Å². The summed E-state index contributed by atoms with van der Waals surface area (Å²) in [6.07, 6.45) is -5.33. The molecule has 23 heteroatoms. The zero-order valence-corrected chi connectivity index (χ0v) is 19.0. The van der Waals surface area contributed by atoms with Gasteiger partial charge in [-0.1, -0.05) is 0 Å². The number of nitrogens with zero attached hydrogens (tertiary/aromatic N) is 3. The number of rotatable bonds is 8. The van der Waals surface area contributed by atoms with Gasteiger partial charge in [-0.2, -0.15) is 13.6 Å². The number of H-pyrrole nitrogens is 1. The van der Waals surface area contributed by atoms with Gasteiger partial charge in [0.25, 0.3) is 5.56 Å². The van der Waals surface area contributed by atoms with Crippen LogP contribution >= 0.6 is 23.5 Å². The van der Waals surface area contributed by atoms with Crippen molar-refractivity contribution in [2.45, 2.75) is 24.5 Å². The molecule has 0 bridgehead atoms. The van der Waals surface area contributed by atoms with E-state index >= 15 is 0 Å². The van der Waals surface area contributed by atoms with Crippen LogP contribution in [0.1, 0.15) is 6.23 Å². The minimum atomic E-state index is -5.73. The molecule has 181 valence electrons. The summed E-state index contributed by atoms with van der Waals surface area (Å²) in [4.78, 5) is 57.3. The maximum absolute atomic E-state index is 11.9. The molecule has 1 saturated heterocycles. The zero-order valence-electron chi connectivity index (χ0n) is 16.3. The Balaban J connectivity index is 0.00000385. The van der Waals surface area contributed by atoms with E-state index in [0.717, 1.165) is 10.9 Å². The topological polar surface area (TPSA) is 299 Å². The number of phosphoric acid groups is 3. The molecule has 1 aliphatic rings. The van der Waals surface area contributed by atoms with E-state index in [4.69, 9.17) is 25.2 Å². The molecule has 9 N–H and O–H groups in total. The number of phosphoric ester groups is 1. The number of aliphatic hydroxyl groups is 2. The van der Waals surface area contributed by atoms with Crippen LogP contribution in [0.3, 0.4) is 0 Å². The van der Waals surface area contributed by atoms with Crippen LogP contribution in [0, 0.1) is 0 Å². The van der Waals surface area contributed by atoms with Crippen LogP contribution < -0.4 is 11.3 Å². The standard InChI is InChI=1S/C10H16N5O14P3.Li/c11-10-13-7-4(8(18)14-10)12-2-15(7)9-6(17)5(16)3(27-9)1-26-31(22,23)29-32(24,25)28-30(19,20)21;/h2-3,5-6,9,16-17H,1H2,(H,22,23)(H,24,25)(H2,19,20,21)(H3,11,13,14,18);/t3-,5-,6-,9-;/m1./s1. The van der Waals surface area contributed by atoms with E-state index in [9.17, 15) is 33.6 Å². The maximum atomic E-state index is 11.9. The second-order valence-corrected chi connectivity index (χ2v) is 10.6. The number of nitrogens with one attached hydrogen (secondary N) is 1. The Kier molecular flexibility index (Phi) is 8.53. The van der Waals surface area contributed by atoms with Gasteiger partial charge in [-0.3, -0.25) is 18.9 Å². The summed E-state index contributed by atoms with van der Waals surface area (Å²) in [6, 6.07) is 0. The van der Waals surface area contributed by atoms with Crippen molar-refractivity contribution in [2.75, 3.05) is 12.3 Å².